The molecule has 45 heavy (non-hydrogen) atoms. The van der Waals surface area contributed by atoms with Gasteiger partial charge in [0.05, 0.1) is 0 Å². The van der Waals surface area contributed by atoms with Crippen LogP contribution in [-0.4, -0.2) is 88.0 Å². The van der Waals surface area contributed by atoms with E-state index in [9.17, 15) is 0 Å². The quantitative estimate of drug-likeness (QED) is 0.0558. The molecule has 4 N–H and O–H groups in total. The lowest BCUT2D eigenvalue weighted by atomic mass is 10.1. The molecular weight excluding hydrogens is 590 g/mol. The zero-order chi connectivity index (χ0) is 32.6. The molecule has 0 saturated heterocycles. The third kappa shape index (κ3) is 23.7. The van der Waals surface area contributed by atoms with Gasteiger partial charge < -0.3 is 30.2 Å². The van der Waals surface area contributed by atoms with Gasteiger partial charge in [0.25, 0.3) is 0 Å². The molecule has 0 aliphatic heterocycles. The minimum absolute atomic E-state index is 0.256. The Morgan fingerprint density at radius 3 is 0.800 bits per heavy atom. The van der Waals surface area contributed by atoms with Gasteiger partial charge in [-0.25, -0.2) is 0 Å². The van der Waals surface area contributed by atoms with Crippen molar-refractivity contribution in [3.05, 3.63) is 5.28 Å². The number of aliphatic hydroxyl groups excluding tert-OH is 4. The molecule has 0 bridgehead atoms. The molecule has 0 aliphatic carbocycles. The van der Waals surface area contributed by atoms with E-state index in [1.807, 2.05) is 0 Å². The van der Waals surface area contributed by atoms with E-state index in [1.54, 1.807) is 0 Å². The molecule has 10 heteroatoms. The van der Waals surface area contributed by atoms with Crippen LogP contribution in [0.4, 0.5) is 11.9 Å². The number of aromatic nitrogens is 3. The van der Waals surface area contributed by atoms with E-state index in [4.69, 9.17) is 37.0 Å². The Morgan fingerprint density at radius 2 is 0.556 bits per heavy atom. The topological polar surface area (TPSA) is 126 Å². The average Bonchev–Trinajstić information content (AvgIpc) is 3.04. The summed E-state index contributed by atoms with van der Waals surface area (Å²) in [6, 6.07) is 0. The van der Waals surface area contributed by atoms with E-state index in [0.717, 1.165) is 155 Å². The SMILES string of the molecule is OCCCCCCCCN(CCCCCCCCO)c1nc(Cl)nc(N(CCCCCCCCO)CCCCCCCCO)n1. The second-order valence-electron chi connectivity index (χ2n) is 12.6. The maximum absolute atomic E-state index is 9.05. The molecule has 0 unspecified atom stereocenters. The average molecular weight is 658 g/mol. The maximum Gasteiger partial charge on any atom is 0.231 e. The number of rotatable bonds is 34. The third-order valence-electron chi connectivity index (χ3n) is 8.49. The van der Waals surface area contributed by atoms with Gasteiger partial charge >= 0.3 is 0 Å². The Bertz CT molecular complexity index is 685. The van der Waals surface area contributed by atoms with Crippen molar-refractivity contribution in [3.8, 4) is 0 Å². The van der Waals surface area contributed by atoms with Gasteiger partial charge in [0.15, 0.2) is 0 Å². The minimum Gasteiger partial charge on any atom is -0.396 e. The number of unbranched alkanes of at least 4 members (excludes halogenated alkanes) is 20. The highest BCUT2D eigenvalue weighted by Crippen LogP contribution is 2.21. The molecule has 0 spiro atoms. The highest BCUT2D eigenvalue weighted by Gasteiger charge is 2.17. The Hall–Kier alpha value is -1.26. The van der Waals surface area contributed by atoms with E-state index in [2.05, 4.69) is 19.8 Å². The number of anilines is 2. The van der Waals surface area contributed by atoms with Gasteiger partial charge in [-0.15, -0.1) is 0 Å². The summed E-state index contributed by atoms with van der Waals surface area (Å²) in [4.78, 5) is 18.9. The molecule has 1 aromatic heterocycles. The van der Waals surface area contributed by atoms with Gasteiger partial charge in [0.1, 0.15) is 0 Å². The normalized spacial score (nSPS) is 11.4. The predicted molar refractivity (Wildman–Crippen MR) is 188 cm³/mol. The molecule has 264 valence electrons. The molecule has 9 nitrogen and oxygen atoms in total. The lowest BCUT2D eigenvalue weighted by molar-refractivity contribution is 0.282. The van der Waals surface area contributed by atoms with Crippen LogP contribution < -0.4 is 9.80 Å². The van der Waals surface area contributed by atoms with Crippen LogP contribution in [0.5, 0.6) is 0 Å². The van der Waals surface area contributed by atoms with Crippen LogP contribution >= 0.6 is 11.6 Å². The Labute approximate surface area is 280 Å². The number of nitrogens with zero attached hydrogens (tertiary/aromatic N) is 5. The fraction of sp³-hybridized carbons (Fsp3) is 0.914. The van der Waals surface area contributed by atoms with E-state index < -0.39 is 0 Å². The number of aliphatic hydroxyl groups is 4. The third-order valence-corrected chi connectivity index (χ3v) is 8.66. The maximum atomic E-state index is 9.05. The van der Waals surface area contributed by atoms with Crippen LogP contribution in [0.2, 0.25) is 5.28 Å². The molecule has 0 aromatic carbocycles. The first-order valence-electron chi connectivity index (χ1n) is 18.5. The lowest BCUT2D eigenvalue weighted by Gasteiger charge is -2.26. The number of hydrogen-bond donors (Lipinski definition) is 4. The molecule has 1 aromatic rings. The van der Waals surface area contributed by atoms with E-state index in [-0.39, 0.29) is 31.7 Å². The van der Waals surface area contributed by atoms with Gasteiger partial charge in [-0.3, -0.25) is 0 Å². The molecule has 0 fully saturated rings. The molecule has 1 heterocycles. The number of halogens is 1. The van der Waals surface area contributed by atoms with E-state index in [0.29, 0.717) is 11.9 Å². The summed E-state index contributed by atoms with van der Waals surface area (Å²) >= 11 is 6.57. The van der Waals surface area contributed by atoms with Crippen molar-refractivity contribution >= 4 is 23.5 Å². The Kier molecular flexibility index (Phi) is 29.1. The number of hydrogen-bond acceptors (Lipinski definition) is 9. The zero-order valence-electron chi connectivity index (χ0n) is 28.5. The zero-order valence-corrected chi connectivity index (χ0v) is 29.3. The van der Waals surface area contributed by atoms with Crippen molar-refractivity contribution in [2.75, 3.05) is 62.4 Å². The second kappa shape index (κ2) is 31.3. The summed E-state index contributed by atoms with van der Waals surface area (Å²) in [5.74, 6) is 1.37. The molecule has 0 radical (unpaired) electrons. The smallest absolute Gasteiger partial charge is 0.231 e. The predicted octanol–water partition coefficient (Wildman–Crippen LogP) is 7.47. The highest BCUT2D eigenvalue weighted by molar-refractivity contribution is 6.28. The van der Waals surface area contributed by atoms with Crippen molar-refractivity contribution in [1.29, 1.82) is 0 Å². The first kappa shape index (κ1) is 41.8. The lowest BCUT2D eigenvalue weighted by Crippen LogP contribution is -2.31. The van der Waals surface area contributed by atoms with Crippen LogP contribution in [0, 0.1) is 0 Å². The fourth-order valence-corrected chi connectivity index (χ4v) is 5.87. The molecule has 0 aliphatic rings. The molecular formula is C35H68ClN5O4. The molecule has 1 rings (SSSR count). The molecule has 0 saturated carbocycles. The van der Waals surface area contributed by atoms with Gasteiger partial charge in [-0.1, -0.05) is 103 Å². The summed E-state index contributed by atoms with van der Waals surface area (Å²) in [7, 11) is 0. The van der Waals surface area contributed by atoms with E-state index >= 15 is 0 Å². The van der Waals surface area contributed by atoms with Crippen LogP contribution in [0.1, 0.15) is 154 Å². The summed E-state index contributed by atoms with van der Waals surface area (Å²) < 4.78 is 0. The summed E-state index contributed by atoms with van der Waals surface area (Å²) in [6.45, 7) is 4.70. The van der Waals surface area contributed by atoms with Crippen molar-refractivity contribution in [2.24, 2.45) is 0 Å². The van der Waals surface area contributed by atoms with Crippen molar-refractivity contribution in [1.82, 2.24) is 15.0 Å². The van der Waals surface area contributed by atoms with Gasteiger partial charge in [-0.2, -0.15) is 15.0 Å². The first-order valence-corrected chi connectivity index (χ1v) is 18.9. The van der Waals surface area contributed by atoms with Crippen LogP contribution in [-0.2, 0) is 0 Å². The Morgan fingerprint density at radius 1 is 0.333 bits per heavy atom. The summed E-state index contributed by atoms with van der Waals surface area (Å²) in [5, 5.41) is 36.5. The monoisotopic (exact) mass is 657 g/mol. The van der Waals surface area contributed by atoms with Crippen LogP contribution in [0.25, 0.3) is 0 Å². The Balaban J connectivity index is 2.88. The summed E-state index contributed by atoms with van der Waals surface area (Å²) in [5.41, 5.74) is 0. The largest absolute Gasteiger partial charge is 0.396 e. The standard InChI is InChI=1S/C35H68ClN5O4/c36-33-37-34(40(25-17-9-1-5-13-21-29-42)26-18-10-2-6-14-22-30-43)39-35(38-33)41(27-19-11-3-7-15-23-31-44)28-20-12-4-8-16-24-32-45/h42-45H,1-32H2. The highest BCUT2D eigenvalue weighted by atomic mass is 35.5. The van der Waals surface area contributed by atoms with Crippen molar-refractivity contribution < 1.29 is 20.4 Å². The minimum atomic E-state index is 0.256. The summed E-state index contributed by atoms with van der Waals surface area (Å²) in [6.07, 6.45) is 26.2. The van der Waals surface area contributed by atoms with Gasteiger partial charge in [-0.05, 0) is 63.0 Å². The van der Waals surface area contributed by atoms with Crippen molar-refractivity contribution in [3.63, 3.8) is 0 Å². The van der Waals surface area contributed by atoms with E-state index in [1.165, 1.54) is 25.7 Å². The first-order chi connectivity index (χ1) is 22.2. The van der Waals surface area contributed by atoms with Gasteiger partial charge in [0.2, 0.25) is 17.2 Å². The molecule has 0 atom stereocenters. The van der Waals surface area contributed by atoms with Crippen molar-refractivity contribution in [2.45, 2.75) is 154 Å². The molecule has 0 amide bonds. The second-order valence-corrected chi connectivity index (χ2v) is 12.9. The van der Waals surface area contributed by atoms with Gasteiger partial charge in [0, 0.05) is 52.6 Å². The van der Waals surface area contributed by atoms with Crippen LogP contribution in [0.3, 0.4) is 0 Å². The fourth-order valence-electron chi connectivity index (χ4n) is 5.72. The van der Waals surface area contributed by atoms with Crippen LogP contribution in [0.15, 0.2) is 0 Å².